The maximum Gasteiger partial charge on any atom is 0.460 e. The Morgan fingerprint density at radius 1 is 0.575 bits per heavy atom. The van der Waals surface area contributed by atoms with E-state index in [1.54, 1.807) is 0 Å². The lowest BCUT2D eigenvalue weighted by atomic mass is 10.1. The topological polar surface area (TPSA) is 82.9 Å². The molecule has 2 rings (SSSR count). The van der Waals surface area contributed by atoms with Crippen molar-refractivity contribution in [2.75, 3.05) is 10.6 Å². The fraction of sp³-hybridized carbons (Fsp3) is 0.300. The summed E-state index contributed by atoms with van der Waals surface area (Å²) in [4.78, 5) is 23.3. The van der Waals surface area contributed by atoms with E-state index in [1.165, 1.54) is 30.3 Å². The minimum absolute atomic E-state index is 0.000106. The van der Waals surface area contributed by atoms with Crippen LogP contribution in [0.25, 0.3) is 0 Å². The molecule has 0 aliphatic heterocycles. The highest BCUT2D eigenvalue weighted by Gasteiger charge is 2.77. The van der Waals surface area contributed by atoms with E-state index < -0.39 is 64.9 Å². The third kappa shape index (κ3) is 6.09. The molecule has 0 heterocycles. The van der Waals surface area contributed by atoms with Crippen LogP contribution in [0.1, 0.15) is 0 Å². The van der Waals surface area contributed by atoms with Gasteiger partial charge in [-0.15, -0.1) is 5.11 Å². The Morgan fingerprint density at radius 2 is 1.02 bits per heavy atom. The Kier molecular flexibility index (Phi) is 8.48. The first-order chi connectivity index (χ1) is 18.0. The molecule has 0 aromatic heterocycles. The van der Waals surface area contributed by atoms with Gasteiger partial charge in [-0.2, -0.15) is 66.6 Å². The number of hydrogen-bond acceptors (Lipinski definition) is 4. The number of rotatable bonds is 8. The molecule has 2 N–H and O–H groups in total. The quantitative estimate of drug-likeness (QED) is 0.240. The molecular weight excluding hydrogens is 594 g/mol. The van der Waals surface area contributed by atoms with E-state index in [9.17, 15) is 71.1 Å². The minimum atomic E-state index is -6.95. The van der Waals surface area contributed by atoms with Gasteiger partial charge in [0.25, 0.3) is 0 Å². The number of azo groups is 1. The number of anilines is 2. The molecule has 6 nitrogen and oxygen atoms in total. The van der Waals surface area contributed by atoms with Gasteiger partial charge in [-0.05, 0) is 30.3 Å². The summed E-state index contributed by atoms with van der Waals surface area (Å²) in [6, 6.07) is 7.78. The lowest BCUT2D eigenvalue weighted by molar-refractivity contribution is -0.343. The van der Waals surface area contributed by atoms with Gasteiger partial charge in [0.1, 0.15) is 5.69 Å². The number of carbonyl (C=O) groups is 2. The van der Waals surface area contributed by atoms with Crippen LogP contribution in [-0.4, -0.2) is 47.9 Å². The maximum absolute atomic E-state index is 13.8. The normalized spacial score (nSPS) is 13.8. The predicted octanol–water partition coefficient (Wildman–Crippen LogP) is 7.64. The number of nitrogens with zero attached hydrogens (tertiary/aromatic N) is 2. The Labute approximate surface area is 212 Å². The second-order valence-corrected chi connectivity index (χ2v) is 7.47. The molecule has 40 heavy (non-hydrogen) atoms. The number of carbonyl (C=O) groups excluding carboxylic acids is 2. The Balaban J connectivity index is 2.52. The van der Waals surface area contributed by atoms with Crippen molar-refractivity contribution in [3.63, 3.8) is 0 Å². The van der Waals surface area contributed by atoms with E-state index in [4.69, 9.17) is 0 Å². The Bertz CT molecular complexity index is 1270. The van der Waals surface area contributed by atoms with Gasteiger partial charge in [-0.25, -0.2) is 0 Å². The summed E-state index contributed by atoms with van der Waals surface area (Å²) in [7, 11) is 0. The SMILES string of the molecule is O=C(Nc1ccc(N=Nc2ccccc2)c(NC(=O)C(F)(F)C(F)(F)C(F)(F)F)c1)C(F)(F)C(F)(F)C(F)(F)F. The second-order valence-electron chi connectivity index (χ2n) is 7.47. The monoisotopic (exact) mass is 604 g/mol. The first kappa shape index (κ1) is 32.2. The molecule has 0 aliphatic carbocycles. The van der Waals surface area contributed by atoms with Crippen LogP contribution in [0.5, 0.6) is 0 Å². The minimum Gasteiger partial charge on any atom is -0.321 e. The van der Waals surface area contributed by atoms with Gasteiger partial charge in [-0.3, -0.25) is 9.59 Å². The van der Waals surface area contributed by atoms with Crippen LogP contribution in [0.15, 0.2) is 58.8 Å². The molecule has 2 aromatic rings. The molecule has 2 amide bonds. The molecule has 0 bridgehead atoms. The largest absolute Gasteiger partial charge is 0.460 e. The summed E-state index contributed by atoms with van der Waals surface area (Å²) in [6.07, 6.45) is -13.9. The molecule has 0 fully saturated rings. The van der Waals surface area contributed by atoms with Crippen LogP contribution in [0.2, 0.25) is 0 Å². The molecule has 0 saturated heterocycles. The van der Waals surface area contributed by atoms with Gasteiger partial charge >= 0.3 is 47.9 Å². The highest BCUT2D eigenvalue weighted by atomic mass is 19.4. The zero-order valence-corrected chi connectivity index (χ0v) is 18.6. The van der Waals surface area contributed by atoms with Gasteiger partial charge in [-0.1, -0.05) is 18.2 Å². The highest BCUT2D eigenvalue weighted by molar-refractivity contribution is 6.01. The van der Waals surface area contributed by atoms with Crippen molar-refractivity contribution in [3.8, 4) is 0 Å². The van der Waals surface area contributed by atoms with Crippen LogP contribution in [0.3, 0.4) is 0 Å². The van der Waals surface area contributed by atoms with Crippen molar-refractivity contribution in [2.45, 2.75) is 36.0 Å². The summed E-state index contributed by atoms with van der Waals surface area (Å²) in [5, 5.41) is 8.64. The van der Waals surface area contributed by atoms with Crippen LogP contribution >= 0.6 is 0 Å². The Hall–Kier alpha value is -4.00. The van der Waals surface area contributed by atoms with Crippen molar-refractivity contribution in [3.05, 3.63) is 48.5 Å². The van der Waals surface area contributed by atoms with Crippen LogP contribution < -0.4 is 10.6 Å². The lowest BCUT2D eigenvalue weighted by Crippen LogP contribution is -2.58. The number of amides is 2. The summed E-state index contributed by atoms with van der Waals surface area (Å²) in [5.41, 5.74) is -3.46. The van der Waals surface area contributed by atoms with Crippen LogP contribution in [0, 0.1) is 0 Å². The van der Waals surface area contributed by atoms with Crippen molar-refractivity contribution in [1.29, 1.82) is 0 Å². The van der Waals surface area contributed by atoms with E-state index in [-0.39, 0.29) is 11.8 Å². The number of halogens is 14. The number of alkyl halides is 14. The average Bonchev–Trinajstić information content (AvgIpc) is 2.82. The summed E-state index contributed by atoms with van der Waals surface area (Å²) in [6.45, 7) is 0. The third-order valence-electron chi connectivity index (χ3n) is 4.60. The molecule has 20 heteroatoms. The van der Waals surface area contributed by atoms with Crippen LogP contribution in [0.4, 0.5) is 84.2 Å². The highest BCUT2D eigenvalue weighted by Crippen LogP contribution is 2.48. The summed E-state index contributed by atoms with van der Waals surface area (Å²) in [5.74, 6) is -33.5. The molecule has 0 aliphatic rings. The molecule has 0 radical (unpaired) electrons. The van der Waals surface area contributed by atoms with E-state index in [0.717, 1.165) is 10.6 Å². The molecule has 0 saturated carbocycles. The van der Waals surface area contributed by atoms with Crippen LogP contribution in [-0.2, 0) is 9.59 Å². The molecule has 220 valence electrons. The van der Waals surface area contributed by atoms with Gasteiger partial charge < -0.3 is 10.6 Å². The zero-order valence-electron chi connectivity index (χ0n) is 18.6. The van der Waals surface area contributed by atoms with Gasteiger partial charge in [0.05, 0.1) is 11.4 Å². The number of hydrogen-bond donors (Lipinski definition) is 2. The Morgan fingerprint density at radius 3 is 1.48 bits per heavy atom. The molecule has 0 unspecified atom stereocenters. The average molecular weight is 604 g/mol. The fourth-order valence-corrected chi connectivity index (χ4v) is 2.46. The zero-order chi connectivity index (χ0) is 30.9. The lowest BCUT2D eigenvalue weighted by Gasteiger charge is -2.27. The fourth-order valence-electron chi connectivity index (χ4n) is 2.46. The van der Waals surface area contributed by atoms with Crippen molar-refractivity contribution in [2.24, 2.45) is 10.2 Å². The molecule has 0 spiro atoms. The predicted molar refractivity (Wildman–Crippen MR) is 106 cm³/mol. The van der Waals surface area contributed by atoms with Crippen molar-refractivity contribution >= 4 is 34.6 Å². The number of benzene rings is 2. The second kappa shape index (κ2) is 10.5. The van der Waals surface area contributed by atoms with E-state index in [0.29, 0.717) is 12.1 Å². The van der Waals surface area contributed by atoms with Crippen molar-refractivity contribution in [1.82, 2.24) is 0 Å². The first-order valence-corrected chi connectivity index (χ1v) is 9.85. The number of nitrogens with one attached hydrogen (secondary N) is 2. The summed E-state index contributed by atoms with van der Waals surface area (Å²) >= 11 is 0. The summed E-state index contributed by atoms with van der Waals surface area (Å²) < 4.78 is 182. The van der Waals surface area contributed by atoms with Crippen molar-refractivity contribution < 1.29 is 71.1 Å². The standard InChI is InChI=1S/C20H10F14N4O2/c21-15(22,17(25,26)19(29,30)31)13(39)35-10-6-7-11(38-37-9-4-2-1-3-5-9)12(8-10)36-14(40)16(23,24)18(27,28)20(32,33)34/h1-8H,(H,35,39)(H,36,40). The van der Waals surface area contributed by atoms with E-state index in [2.05, 4.69) is 10.2 Å². The third-order valence-corrected chi connectivity index (χ3v) is 4.60. The maximum atomic E-state index is 13.8. The smallest absolute Gasteiger partial charge is 0.321 e. The van der Waals surface area contributed by atoms with Gasteiger partial charge in [0, 0.05) is 5.69 Å². The van der Waals surface area contributed by atoms with E-state index >= 15 is 0 Å². The first-order valence-electron chi connectivity index (χ1n) is 9.85. The molecule has 0 atom stereocenters. The van der Waals surface area contributed by atoms with Gasteiger partial charge in [0.2, 0.25) is 0 Å². The molecule has 2 aromatic carbocycles. The van der Waals surface area contributed by atoms with Gasteiger partial charge in [0.15, 0.2) is 0 Å². The van der Waals surface area contributed by atoms with E-state index in [1.807, 2.05) is 0 Å². The molecular formula is C20H10F14N4O2.